The predicted octanol–water partition coefficient (Wildman–Crippen LogP) is 1.23. The summed E-state index contributed by atoms with van der Waals surface area (Å²) in [4.78, 5) is 0.316. The van der Waals surface area contributed by atoms with E-state index in [0.717, 1.165) is 10.2 Å². The quantitative estimate of drug-likeness (QED) is 0.840. The molecule has 0 saturated carbocycles. The lowest BCUT2D eigenvalue weighted by Crippen LogP contribution is -2.13. The zero-order chi connectivity index (χ0) is 14.6. The fourth-order valence-electron chi connectivity index (χ4n) is 1.68. The zero-order valence-electron chi connectivity index (χ0n) is 11.0. The van der Waals surface area contributed by atoms with Gasteiger partial charge in [-0.25, -0.2) is 8.42 Å². The molecule has 0 saturated heterocycles. The van der Waals surface area contributed by atoms with Gasteiger partial charge in [-0.3, -0.25) is 4.68 Å². The number of hydrogen-bond acceptors (Lipinski definition) is 5. The summed E-state index contributed by atoms with van der Waals surface area (Å²) < 4.78 is 26.7. The minimum absolute atomic E-state index is 0.00299. The average Bonchev–Trinajstić information content (AvgIpc) is 2.85. The summed E-state index contributed by atoms with van der Waals surface area (Å²) >= 11 is 3.28. The van der Waals surface area contributed by atoms with Crippen molar-refractivity contribution >= 4 is 25.8 Å². The molecule has 2 rings (SSSR count). The van der Waals surface area contributed by atoms with Crippen LogP contribution in [0.3, 0.4) is 0 Å². The number of aromatic nitrogens is 3. The molecule has 0 unspecified atom stereocenters. The summed E-state index contributed by atoms with van der Waals surface area (Å²) in [6.07, 6.45) is 1.74. The summed E-state index contributed by atoms with van der Waals surface area (Å²) in [5.41, 5.74) is 0.786. The van der Waals surface area contributed by atoms with Gasteiger partial charge < -0.3 is 5.32 Å². The first-order valence-corrected chi connectivity index (χ1v) is 8.48. The number of aryl methyl sites for hydroxylation is 1. The smallest absolute Gasteiger partial charge is 0.180 e. The molecule has 6 nitrogen and oxygen atoms in total. The van der Waals surface area contributed by atoms with Crippen LogP contribution in [0.2, 0.25) is 0 Å². The third kappa shape index (κ3) is 3.87. The highest BCUT2D eigenvalue weighted by Crippen LogP contribution is 2.16. The van der Waals surface area contributed by atoms with E-state index in [-0.39, 0.29) is 12.3 Å². The van der Waals surface area contributed by atoms with E-state index in [1.807, 2.05) is 7.05 Å². The van der Waals surface area contributed by atoms with Crippen LogP contribution in [0.5, 0.6) is 0 Å². The minimum atomic E-state index is -3.30. The van der Waals surface area contributed by atoms with Gasteiger partial charge in [0.2, 0.25) is 0 Å². The summed E-state index contributed by atoms with van der Waals surface area (Å²) in [6, 6.07) is 6.61. The maximum absolute atomic E-state index is 12.2. The normalized spacial score (nSPS) is 11.7. The molecule has 0 aliphatic heterocycles. The highest BCUT2D eigenvalue weighted by molar-refractivity contribution is 9.10. The first-order chi connectivity index (χ1) is 9.51. The SMILES string of the molecule is CNCc1cn(CCS(=O)(=O)c2ccc(Br)cc2)nn1. The molecule has 1 aromatic carbocycles. The topological polar surface area (TPSA) is 76.9 Å². The standard InChI is InChI=1S/C12H15BrN4O2S/c1-14-8-11-9-17(16-15-11)6-7-20(18,19)12-4-2-10(13)3-5-12/h2-5,9,14H,6-8H2,1H3. The Hall–Kier alpha value is -1.25. The van der Waals surface area contributed by atoms with Crippen LogP contribution in [0, 0.1) is 0 Å². The third-order valence-electron chi connectivity index (χ3n) is 2.71. The molecule has 8 heteroatoms. The van der Waals surface area contributed by atoms with Gasteiger partial charge in [-0.05, 0) is 31.3 Å². The molecule has 20 heavy (non-hydrogen) atoms. The van der Waals surface area contributed by atoms with Crippen molar-refractivity contribution in [1.82, 2.24) is 20.3 Å². The van der Waals surface area contributed by atoms with Crippen LogP contribution >= 0.6 is 15.9 Å². The summed E-state index contributed by atoms with van der Waals surface area (Å²) in [5.74, 6) is -0.00299. The van der Waals surface area contributed by atoms with Gasteiger partial charge in [-0.2, -0.15) is 0 Å². The van der Waals surface area contributed by atoms with E-state index >= 15 is 0 Å². The van der Waals surface area contributed by atoms with Crippen molar-refractivity contribution in [1.29, 1.82) is 0 Å². The van der Waals surface area contributed by atoms with Crippen molar-refractivity contribution in [3.8, 4) is 0 Å². The second-order valence-corrected chi connectivity index (χ2v) is 7.30. The van der Waals surface area contributed by atoms with Crippen molar-refractivity contribution < 1.29 is 8.42 Å². The van der Waals surface area contributed by atoms with Gasteiger partial charge in [0.05, 0.1) is 22.9 Å². The van der Waals surface area contributed by atoms with Crippen LogP contribution in [0.1, 0.15) is 5.69 Å². The Morgan fingerprint density at radius 3 is 2.65 bits per heavy atom. The first-order valence-electron chi connectivity index (χ1n) is 6.03. The minimum Gasteiger partial charge on any atom is -0.314 e. The lowest BCUT2D eigenvalue weighted by atomic mass is 10.4. The van der Waals surface area contributed by atoms with Crippen molar-refractivity contribution in [3.63, 3.8) is 0 Å². The Morgan fingerprint density at radius 2 is 2.00 bits per heavy atom. The molecule has 0 fully saturated rings. The molecule has 108 valence electrons. The highest BCUT2D eigenvalue weighted by Gasteiger charge is 2.14. The van der Waals surface area contributed by atoms with Gasteiger partial charge in [0, 0.05) is 17.2 Å². The van der Waals surface area contributed by atoms with E-state index < -0.39 is 9.84 Å². The molecule has 0 amide bonds. The van der Waals surface area contributed by atoms with Gasteiger partial charge in [-0.1, -0.05) is 21.1 Å². The Labute approximate surface area is 126 Å². The number of halogens is 1. The van der Waals surface area contributed by atoms with Crippen LogP contribution in [0.4, 0.5) is 0 Å². The molecule has 0 spiro atoms. The van der Waals surface area contributed by atoms with Crippen molar-refractivity contribution in [2.45, 2.75) is 18.0 Å². The molecule has 0 radical (unpaired) electrons. The monoisotopic (exact) mass is 358 g/mol. The molecular weight excluding hydrogens is 344 g/mol. The van der Waals surface area contributed by atoms with Crippen molar-refractivity contribution in [2.24, 2.45) is 0 Å². The summed E-state index contributed by atoms with van der Waals surface area (Å²) in [7, 11) is -1.49. The first kappa shape index (κ1) is 15.1. The van der Waals surface area contributed by atoms with Crippen LogP contribution < -0.4 is 5.32 Å². The second-order valence-electron chi connectivity index (χ2n) is 4.28. The maximum atomic E-state index is 12.2. The van der Waals surface area contributed by atoms with Crippen LogP contribution in [0.25, 0.3) is 0 Å². The average molecular weight is 359 g/mol. The number of sulfone groups is 1. The van der Waals surface area contributed by atoms with E-state index in [9.17, 15) is 8.42 Å². The highest BCUT2D eigenvalue weighted by atomic mass is 79.9. The van der Waals surface area contributed by atoms with Gasteiger partial charge in [0.15, 0.2) is 9.84 Å². The zero-order valence-corrected chi connectivity index (χ0v) is 13.4. The van der Waals surface area contributed by atoms with E-state index in [2.05, 4.69) is 31.6 Å². The van der Waals surface area contributed by atoms with Crippen LogP contribution in [0.15, 0.2) is 39.8 Å². The van der Waals surface area contributed by atoms with E-state index in [1.165, 1.54) is 0 Å². The Bertz CT molecular complexity index is 667. The molecule has 1 N–H and O–H groups in total. The number of rotatable bonds is 6. The Balaban J connectivity index is 2.03. The van der Waals surface area contributed by atoms with E-state index in [4.69, 9.17) is 0 Å². The predicted molar refractivity (Wildman–Crippen MR) is 79.0 cm³/mol. The van der Waals surface area contributed by atoms with Gasteiger partial charge in [0.1, 0.15) is 0 Å². The van der Waals surface area contributed by atoms with E-state index in [0.29, 0.717) is 11.4 Å². The molecule has 1 aromatic heterocycles. The van der Waals surface area contributed by atoms with E-state index in [1.54, 1.807) is 35.1 Å². The van der Waals surface area contributed by atoms with Crippen LogP contribution in [-0.4, -0.2) is 36.2 Å². The Morgan fingerprint density at radius 1 is 1.30 bits per heavy atom. The molecule has 1 heterocycles. The Kier molecular flexibility index (Phi) is 4.90. The lowest BCUT2D eigenvalue weighted by molar-refractivity contribution is 0.575. The molecule has 0 aliphatic rings. The summed E-state index contributed by atoms with van der Waals surface area (Å²) in [5, 5.41) is 10.8. The molecule has 0 aliphatic carbocycles. The molecule has 0 atom stereocenters. The fraction of sp³-hybridized carbons (Fsp3) is 0.333. The number of nitrogens with one attached hydrogen (secondary N) is 1. The lowest BCUT2D eigenvalue weighted by Gasteiger charge is -2.04. The van der Waals surface area contributed by atoms with Crippen molar-refractivity contribution in [2.75, 3.05) is 12.8 Å². The summed E-state index contributed by atoms with van der Waals surface area (Å²) in [6.45, 7) is 0.897. The molecule has 2 aromatic rings. The van der Waals surface area contributed by atoms with Gasteiger partial charge in [0.25, 0.3) is 0 Å². The fourth-order valence-corrected chi connectivity index (χ4v) is 3.16. The second kappa shape index (κ2) is 6.47. The molecular formula is C12H15BrN4O2S. The largest absolute Gasteiger partial charge is 0.314 e. The third-order valence-corrected chi connectivity index (χ3v) is 4.94. The maximum Gasteiger partial charge on any atom is 0.180 e. The van der Waals surface area contributed by atoms with Gasteiger partial charge in [-0.15, -0.1) is 5.10 Å². The number of nitrogens with zero attached hydrogens (tertiary/aromatic N) is 3. The number of benzene rings is 1. The number of hydrogen-bond donors (Lipinski definition) is 1. The molecule has 0 bridgehead atoms. The van der Waals surface area contributed by atoms with Crippen molar-refractivity contribution in [3.05, 3.63) is 40.6 Å². The van der Waals surface area contributed by atoms with Crippen LogP contribution in [-0.2, 0) is 22.9 Å². The van der Waals surface area contributed by atoms with Gasteiger partial charge >= 0.3 is 0 Å².